The van der Waals surface area contributed by atoms with Crippen molar-refractivity contribution in [3.63, 3.8) is 0 Å². The molecule has 0 aromatic heterocycles. The van der Waals surface area contributed by atoms with Crippen molar-refractivity contribution in [1.82, 2.24) is 5.32 Å². The Balaban J connectivity index is 1.86. The van der Waals surface area contributed by atoms with Gasteiger partial charge in [-0.1, -0.05) is 18.2 Å². The van der Waals surface area contributed by atoms with Crippen LogP contribution in [0.15, 0.2) is 18.2 Å². The van der Waals surface area contributed by atoms with Gasteiger partial charge in [-0.3, -0.25) is 0 Å². The lowest BCUT2D eigenvalue weighted by atomic mass is 9.86. The molecule has 1 aromatic carbocycles. The summed E-state index contributed by atoms with van der Waals surface area (Å²) in [6.45, 7) is 2.80. The topological polar surface area (TPSA) is 41.5 Å². The summed E-state index contributed by atoms with van der Waals surface area (Å²) in [4.78, 5) is 0. The van der Waals surface area contributed by atoms with Crippen molar-refractivity contribution in [1.29, 1.82) is 0 Å². The lowest BCUT2D eigenvalue weighted by Gasteiger charge is -2.30. The molecule has 3 heteroatoms. The molecule has 2 aliphatic heterocycles. The maximum Gasteiger partial charge on any atom is 0.128 e. The van der Waals surface area contributed by atoms with Gasteiger partial charge in [-0.05, 0) is 50.3 Å². The van der Waals surface area contributed by atoms with Crippen molar-refractivity contribution >= 4 is 0 Å². The first kappa shape index (κ1) is 12.0. The van der Waals surface area contributed by atoms with E-state index in [1.54, 1.807) is 0 Å². The molecule has 0 spiro atoms. The van der Waals surface area contributed by atoms with Crippen molar-refractivity contribution in [2.24, 2.45) is 5.92 Å². The fourth-order valence-corrected chi connectivity index (χ4v) is 3.06. The maximum atomic E-state index is 10.6. The lowest BCUT2D eigenvalue weighted by Crippen LogP contribution is -2.31. The Bertz CT molecular complexity index is 413. The number of para-hydroxylation sites is 1. The fourth-order valence-electron chi connectivity index (χ4n) is 3.06. The van der Waals surface area contributed by atoms with Crippen LogP contribution >= 0.6 is 0 Å². The predicted molar refractivity (Wildman–Crippen MR) is 70.8 cm³/mol. The normalized spacial score (nSPS) is 22.1. The van der Waals surface area contributed by atoms with Crippen LogP contribution in [-0.2, 0) is 6.42 Å². The van der Waals surface area contributed by atoms with E-state index in [4.69, 9.17) is 4.74 Å². The highest BCUT2D eigenvalue weighted by atomic mass is 16.5. The van der Waals surface area contributed by atoms with Crippen LogP contribution in [0.5, 0.6) is 5.75 Å². The monoisotopic (exact) mass is 247 g/mol. The van der Waals surface area contributed by atoms with Gasteiger partial charge in [0.1, 0.15) is 5.75 Å². The number of hydrogen-bond donors (Lipinski definition) is 2. The summed E-state index contributed by atoms with van der Waals surface area (Å²) in [6, 6.07) is 6.19. The van der Waals surface area contributed by atoms with E-state index in [1.165, 1.54) is 5.56 Å². The van der Waals surface area contributed by atoms with Gasteiger partial charge in [-0.2, -0.15) is 0 Å². The smallest absolute Gasteiger partial charge is 0.128 e. The Hall–Kier alpha value is -1.06. The highest BCUT2D eigenvalue weighted by molar-refractivity contribution is 5.44. The van der Waals surface area contributed by atoms with Gasteiger partial charge in [-0.15, -0.1) is 0 Å². The third-order valence-corrected chi connectivity index (χ3v) is 4.11. The quantitative estimate of drug-likeness (QED) is 0.840. The molecule has 1 unspecified atom stereocenters. The second-order valence-corrected chi connectivity index (χ2v) is 5.32. The number of hydrogen-bond acceptors (Lipinski definition) is 3. The van der Waals surface area contributed by atoms with Crippen LogP contribution in [0.3, 0.4) is 0 Å². The van der Waals surface area contributed by atoms with Gasteiger partial charge < -0.3 is 15.2 Å². The molecule has 0 saturated carbocycles. The summed E-state index contributed by atoms with van der Waals surface area (Å²) in [6.07, 6.45) is 3.87. The van der Waals surface area contributed by atoms with Crippen molar-refractivity contribution in [2.75, 3.05) is 19.7 Å². The van der Waals surface area contributed by atoms with Crippen LogP contribution in [0.4, 0.5) is 0 Å². The van der Waals surface area contributed by atoms with E-state index < -0.39 is 0 Å². The number of rotatable bonds is 2. The molecule has 0 amide bonds. The average Bonchev–Trinajstić information content (AvgIpc) is 2.47. The van der Waals surface area contributed by atoms with Gasteiger partial charge in [0.25, 0.3) is 0 Å². The summed E-state index contributed by atoms with van der Waals surface area (Å²) in [5.74, 6) is 1.32. The van der Waals surface area contributed by atoms with Gasteiger partial charge in [0, 0.05) is 5.56 Å². The minimum atomic E-state index is -0.375. The Kier molecular flexibility index (Phi) is 3.52. The third kappa shape index (κ3) is 2.25. The van der Waals surface area contributed by atoms with Gasteiger partial charge in [-0.25, -0.2) is 0 Å². The predicted octanol–water partition coefficient (Wildman–Crippen LogP) is 2.04. The zero-order chi connectivity index (χ0) is 12.4. The van der Waals surface area contributed by atoms with E-state index in [0.717, 1.165) is 56.7 Å². The van der Waals surface area contributed by atoms with Crippen molar-refractivity contribution in [3.8, 4) is 5.75 Å². The maximum absolute atomic E-state index is 10.6. The molecule has 3 nitrogen and oxygen atoms in total. The SMILES string of the molecule is OC(c1cccc2c1OCCC2)C1CCNCC1. The molecule has 1 aromatic rings. The first-order valence-electron chi connectivity index (χ1n) is 6.99. The Morgan fingerprint density at radius 2 is 2.11 bits per heavy atom. The number of aliphatic hydroxyl groups excluding tert-OH is 1. The largest absolute Gasteiger partial charge is 0.493 e. The number of ether oxygens (including phenoxy) is 1. The van der Waals surface area contributed by atoms with Crippen LogP contribution in [0.25, 0.3) is 0 Å². The zero-order valence-electron chi connectivity index (χ0n) is 10.7. The fraction of sp³-hybridized carbons (Fsp3) is 0.600. The van der Waals surface area contributed by atoms with Gasteiger partial charge in [0.15, 0.2) is 0 Å². The van der Waals surface area contributed by atoms with Gasteiger partial charge in [0.05, 0.1) is 12.7 Å². The van der Waals surface area contributed by atoms with Crippen molar-refractivity contribution < 1.29 is 9.84 Å². The average molecular weight is 247 g/mol. The molecule has 0 aliphatic carbocycles. The summed E-state index contributed by atoms with van der Waals surface area (Å²) >= 11 is 0. The molecule has 3 rings (SSSR count). The Labute approximate surface area is 108 Å². The molecule has 2 N–H and O–H groups in total. The number of aliphatic hydroxyl groups is 1. The first-order valence-corrected chi connectivity index (χ1v) is 6.99. The zero-order valence-corrected chi connectivity index (χ0v) is 10.7. The third-order valence-electron chi connectivity index (χ3n) is 4.11. The van der Waals surface area contributed by atoms with Crippen LogP contribution in [-0.4, -0.2) is 24.8 Å². The molecule has 2 aliphatic rings. The van der Waals surface area contributed by atoms with E-state index in [-0.39, 0.29) is 6.10 Å². The van der Waals surface area contributed by atoms with E-state index in [1.807, 2.05) is 12.1 Å². The minimum Gasteiger partial charge on any atom is -0.493 e. The minimum absolute atomic E-state index is 0.364. The molecule has 1 saturated heterocycles. The number of benzene rings is 1. The van der Waals surface area contributed by atoms with Crippen LogP contribution < -0.4 is 10.1 Å². The van der Waals surface area contributed by atoms with Crippen LogP contribution in [0.1, 0.15) is 36.5 Å². The highest BCUT2D eigenvalue weighted by Gasteiger charge is 2.27. The molecule has 1 fully saturated rings. The van der Waals surface area contributed by atoms with Crippen molar-refractivity contribution in [2.45, 2.75) is 31.8 Å². The lowest BCUT2D eigenvalue weighted by molar-refractivity contribution is 0.0849. The summed E-state index contributed by atoms with van der Waals surface area (Å²) < 4.78 is 5.79. The number of nitrogens with one attached hydrogen (secondary N) is 1. The number of piperidine rings is 1. The molecule has 18 heavy (non-hydrogen) atoms. The van der Waals surface area contributed by atoms with Crippen molar-refractivity contribution in [3.05, 3.63) is 29.3 Å². The van der Waals surface area contributed by atoms with Gasteiger partial charge >= 0.3 is 0 Å². The summed E-state index contributed by atoms with van der Waals surface area (Å²) in [5, 5.41) is 13.9. The molecular weight excluding hydrogens is 226 g/mol. The summed E-state index contributed by atoms with van der Waals surface area (Å²) in [7, 11) is 0. The van der Waals surface area contributed by atoms with Crippen LogP contribution in [0.2, 0.25) is 0 Å². The van der Waals surface area contributed by atoms with Crippen LogP contribution in [0, 0.1) is 5.92 Å². The number of fused-ring (bicyclic) bond motifs is 1. The molecule has 2 heterocycles. The molecule has 0 radical (unpaired) electrons. The Morgan fingerprint density at radius 1 is 1.28 bits per heavy atom. The van der Waals surface area contributed by atoms with E-state index in [9.17, 15) is 5.11 Å². The van der Waals surface area contributed by atoms with E-state index in [2.05, 4.69) is 11.4 Å². The van der Waals surface area contributed by atoms with E-state index in [0.29, 0.717) is 5.92 Å². The van der Waals surface area contributed by atoms with E-state index >= 15 is 0 Å². The second kappa shape index (κ2) is 5.29. The summed E-state index contributed by atoms with van der Waals surface area (Å²) in [5.41, 5.74) is 2.26. The molecular formula is C15H21NO2. The molecule has 98 valence electrons. The Morgan fingerprint density at radius 3 is 2.94 bits per heavy atom. The number of aryl methyl sites for hydroxylation is 1. The molecule has 1 atom stereocenters. The highest BCUT2D eigenvalue weighted by Crippen LogP contribution is 2.38. The standard InChI is InChI=1S/C15H21NO2/c17-14(11-6-8-16-9-7-11)13-5-1-3-12-4-2-10-18-15(12)13/h1,3,5,11,14,16-17H,2,4,6-10H2. The second-order valence-electron chi connectivity index (χ2n) is 5.32. The molecule has 0 bridgehead atoms. The first-order chi connectivity index (χ1) is 8.86. The van der Waals surface area contributed by atoms with Gasteiger partial charge in [0.2, 0.25) is 0 Å².